The fraction of sp³-hybridized carbons (Fsp3) is 1.00. The first-order valence-corrected chi connectivity index (χ1v) is 5.34. The van der Waals surface area contributed by atoms with Crippen LogP contribution in [0, 0.1) is 0 Å². The summed E-state index contributed by atoms with van der Waals surface area (Å²) in [6.07, 6.45) is 4.28. The third kappa shape index (κ3) is 6.59. The largest absolute Gasteiger partial charge is 0.396 e. The number of hydrogen-bond acceptors (Lipinski definition) is 3. The lowest BCUT2D eigenvalue weighted by Crippen LogP contribution is -2.43. The number of aliphatic hydroxyl groups is 1. The third-order valence-electron chi connectivity index (χ3n) is 2.98. The van der Waals surface area contributed by atoms with Gasteiger partial charge in [0.2, 0.25) is 0 Å². The van der Waals surface area contributed by atoms with Gasteiger partial charge in [-0.1, -0.05) is 0 Å². The molecule has 1 rings (SSSR count). The number of likely N-dealkylation sites (tertiary alicyclic amines) is 1. The van der Waals surface area contributed by atoms with Crippen LogP contribution in [0.4, 0.5) is 0 Å². The van der Waals surface area contributed by atoms with Crippen LogP contribution in [-0.4, -0.2) is 41.8 Å². The van der Waals surface area contributed by atoms with Crippen molar-refractivity contribution in [2.45, 2.75) is 44.7 Å². The van der Waals surface area contributed by atoms with Crippen LogP contribution in [0.25, 0.3) is 0 Å². The van der Waals surface area contributed by atoms with E-state index in [-0.39, 0.29) is 24.8 Å². The molecule has 1 unspecified atom stereocenters. The molecule has 0 radical (unpaired) electrons. The zero-order valence-corrected chi connectivity index (χ0v) is 11.0. The smallest absolute Gasteiger partial charge is 0.0431 e. The highest BCUT2D eigenvalue weighted by Gasteiger charge is 2.19. The minimum Gasteiger partial charge on any atom is -0.396 e. The predicted molar refractivity (Wildman–Crippen MR) is 69.1 cm³/mol. The highest BCUT2D eigenvalue weighted by Crippen LogP contribution is 2.14. The second-order valence-corrected chi connectivity index (χ2v) is 4.09. The van der Waals surface area contributed by atoms with Crippen molar-refractivity contribution in [3.63, 3.8) is 0 Å². The Balaban J connectivity index is 0. The van der Waals surface area contributed by atoms with Gasteiger partial charge in [0.25, 0.3) is 0 Å². The van der Waals surface area contributed by atoms with Crippen LogP contribution in [0.2, 0.25) is 0 Å². The summed E-state index contributed by atoms with van der Waals surface area (Å²) in [6, 6.07) is 1.03. The molecule has 0 amide bonds. The lowest BCUT2D eigenvalue weighted by atomic mass is 10.0. The van der Waals surface area contributed by atoms with Crippen LogP contribution in [0.15, 0.2) is 0 Å². The van der Waals surface area contributed by atoms with Gasteiger partial charge in [0.1, 0.15) is 0 Å². The molecule has 0 saturated carbocycles. The summed E-state index contributed by atoms with van der Waals surface area (Å²) in [6.45, 7) is 4.83. The Morgan fingerprint density at radius 1 is 1.33 bits per heavy atom. The molecule has 1 aliphatic heterocycles. The summed E-state index contributed by atoms with van der Waals surface area (Å²) >= 11 is 0. The summed E-state index contributed by atoms with van der Waals surface area (Å²) in [5.41, 5.74) is 5.83. The lowest BCUT2D eigenvalue weighted by Gasteiger charge is -2.34. The van der Waals surface area contributed by atoms with Crippen LogP contribution in [0.5, 0.6) is 0 Å². The molecular weight excluding hydrogens is 235 g/mol. The molecule has 15 heavy (non-hydrogen) atoms. The molecule has 5 heteroatoms. The predicted octanol–water partition coefficient (Wildman–Crippen LogP) is 1.41. The Morgan fingerprint density at radius 2 is 1.87 bits per heavy atom. The fourth-order valence-corrected chi connectivity index (χ4v) is 1.93. The highest BCUT2D eigenvalue weighted by molar-refractivity contribution is 5.85. The number of aliphatic hydroxyl groups excluding tert-OH is 1. The number of nitrogens with two attached hydrogens (primary N) is 1. The monoisotopic (exact) mass is 258 g/mol. The molecule has 1 fully saturated rings. The molecule has 1 saturated heterocycles. The summed E-state index contributed by atoms with van der Waals surface area (Å²) in [5, 5.41) is 8.72. The molecule has 0 aliphatic carbocycles. The number of rotatable bonds is 4. The Kier molecular flexibility index (Phi) is 11.5. The van der Waals surface area contributed by atoms with Crippen molar-refractivity contribution in [1.29, 1.82) is 0 Å². The summed E-state index contributed by atoms with van der Waals surface area (Å²) in [7, 11) is 0. The van der Waals surface area contributed by atoms with Gasteiger partial charge < -0.3 is 15.7 Å². The van der Waals surface area contributed by atoms with E-state index < -0.39 is 0 Å². The zero-order chi connectivity index (χ0) is 9.68. The molecule has 1 heterocycles. The van der Waals surface area contributed by atoms with Crippen LogP contribution in [-0.2, 0) is 0 Å². The van der Waals surface area contributed by atoms with Crippen molar-refractivity contribution in [3.8, 4) is 0 Å². The van der Waals surface area contributed by atoms with E-state index in [4.69, 9.17) is 10.8 Å². The maximum atomic E-state index is 8.72. The molecule has 0 aromatic carbocycles. The number of hydrogen-bond donors (Lipinski definition) is 2. The Morgan fingerprint density at radius 3 is 2.33 bits per heavy atom. The van der Waals surface area contributed by atoms with Gasteiger partial charge in [0, 0.05) is 18.7 Å². The molecule has 0 aromatic rings. The van der Waals surface area contributed by atoms with Gasteiger partial charge in [-0.05, 0) is 45.7 Å². The zero-order valence-electron chi connectivity index (χ0n) is 9.39. The first kappa shape index (κ1) is 17.8. The fourth-order valence-electron chi connectivity index (χ4n) is 1.93. The molecule has 94 valence electrons. The molecule has 0 spiro atoms. The van der Waals surface area contributed by atoms with Crippen LogP contribution < -0.4 is 5.73 Å². The van der Waals surface area contributed by atoms with E-state index in [1.807, 2.05) is 0 Å². The second-order valence-electron chi connectivity index (χ2n) is 4.09. The lowest BCUT2D eigenvalue weighted by molar-refractivity contribution is 0.147. The van der Waals surface area contributed by atoms with Gasteiger partial charge in [-0.3, -0.25) is 0 Å². The molecule has 1 aliphatic rings. The standard InChI is InChI=1S/C10H22N2O.2ClH/c1-9(3-2-8-13)12-6-4-10(11)5-7-12;;/h9-10,13H,2-8,11H2,1H3;2*1H. The number of piperidine rings is 1. The minimum absolute atomic E-state index is 0. The van der Waals surface area contributed by atoms with Crippen LogP contribution in [0.3, 0.4) is 0 Å². The van der Waals surface area contributed by atoms with Crippen LogP contribution >= 0.6 is 24.8 Å². The number of nitrogens with zero attached hydrogens (tertiary/aromatic N) is 1. The van der Waals surface area contributed by atoms with Gasteiger partial charge in [-0.25, -0.2) is 0 Å². The van der Waals surface area contributed by atoms with E-state index in [0.717, 1.165) is 38.8 Å². The molecule has 3 nitrogen and oxygen atoms in total. The van der Waals surface area contributed by atoms with E-state index in [2.05, 4.69) is 11.8 Å². The van der Waals surface area contributed by atoms with Crippen molar-refractivity contribution in [3.05, 3.63) is 0 Å². The quantitative estimate of drug-likeness (QED) is 0.802. The Labute approximate surface area is 105 Å². The SMILES string of the molecule is CC(CCCO)N1CCC(N)CC1.Cl.Cl. The minimum atomic E-state index is 0. The Bertz CT molecular complexity index is 141. The first-order valence-electron chi connectivity index (χ1n) is 5.34. The highest BCUT2D eigenvalue weighted by atomic mass is 35.5. The van der Waals surface area contributed by atoms with Gasteiger partial charge >= 0.3 is 0 Å². The van der Waals surface area contributed by atoms with E-state index in [1.165, 1.54) is 0 Å². The average molecular weight is 259 g/mol. The maximum Gasteiger partial charge on any atom is 0.0431 e. The van der Waals surface area contributed by atoms with E-state index in [9.17, 15) is 0 Å². The molecule has 3 N–H and O–H groups in total. The van der Waals surface area contributed by atoms with E-state index in [1.54, 1.807) is 0 Å². The second kappa shape index (κ2) is 9.67. The molecule has 0 bridgehead atoms. The average Bonchev–Trinajstić information content (AvgIpc) is 2.15. The van der Waals surface area contributed by atoms with E-state index >= 15 is 0 Å². The van der Waals surface area contributed by atoms with Crippen molar-refractivity contribution in [2.24, 2.45) is 5.73 Å². The van der Waals surface area contributed by atoms with Gasteiger partial charge in [-0.2, -0.15) is 0 Å². The maximum absolute atomic E-state index is 8.72. The topological polar surface area (TPSA) is 49.5 Å². The third-order valence-corrected chi connectivity index (χ3v) is 2.98. The number of halogens is 2. The molecule has 1 atom stereocenters. The van der Waals surface area contributed by atoms with Crippen molar-refractivity contribution < 1.29 is 5.11 Å². The molecule has 0 aromatic heterocycles. The summed E-state index contributed by atoms with van der Waals surface area (Å²) < 4.78 is 0. The Hall–Kier alpha value is 0.460. The molecular formula is C10H24Cl2N2O. The van der Waals surface area contributed by atoms with Gasteiger partial charge in [0.05, 0.1) is 0 Å². The van der Waals surface area contributed by atoms with Crippen molar-refractivity contribution in [1.82, 2.24) is 4.90 Å². The summed E-state index contributed by atoms with van der Waals surface area (Å²) in [5.74, 6) is 0. The normalized spacial score (nSPS) is 20.2. The first-order chi connectivity index (χ1) is 6.24. The summed E-state index contributed by atoms with van der Waals surface area (Å²) in [4.78, 5) is 2.49. The van der Waals surface area contributed by atoms with E-state index in [0.29, 0.717) is 18.7 Å². The van der Waals surface area contributed by atoms with Gasteiger partial charge in [0.15, 0.2) is 0 Å². The van der Waals surface area contributed by atoms with Crippen molar-refractivity contribution >= 4 is 24.8 Å². The van der Waals surface area contributed by atoms with Crippen LogP contribution in [0.1, 0.15) is 32.6 Å². The van der Waals surface area contributed by atoms with Gasteiger partial charge in [-0.15, -0.1) is 24.8 Å². The van der Waals surface area contributed by atoms with Crippen molar-refractivity contribution in [2.75, 3.05) is 19.7 Å².